The Labute approximate surface area is 291 Å². The number of nitrogens with zero attached hydrogens (tertiary/aromatic N) is 3. The zero-order chi connectivity index (χ0) is 36.7. The first kappa shape index (κ1) is 41.4. The lowest BCUT2D eigenvalue weighted by molar-refractivity contribution is -0.123. The van der Waals surface area contributed by atoms with Gasteiger partial charge in [0.15, 0.2) is 0 Å². The normalized spacial score (nSPS) is 16.4. The van der Waals surface area contributed by atoms with E-state index in [4.69, 9.17) is 9.31 Å². The molecule has 0 radical (unpaired) electrons. The van der Waals surface area contributed by atoms with Crippen molar-refractivity contribution >= 4 is 40.0 Å². The number of hydrogen-bond donors (Lipinski definition) is 7. The highest BCUT2D eigenvalue weighted by atomic mass is 31.2. The summed E-state index contributed by atoms with van der Waals surface area (Å²) in [6.07, 6.45) is 6.25. The maximum absolute atomic E-state index is 13.8. The Morgan fingerprint density at radius 1 is 0.940 bits per heavy atom. The van der Waals surface area contributed by atoms with Crippen LogP contribution in [-0.4, -0.2) is 110 Å². The van der Waals surface area contributed by atoms with Crippen LogP contribution < -0.4 is 16.0 Å². The van der Waals surface area contributed by atoms with Crippen LogP contribution in [0.2, 0.25) is 0 Å². The van der Waals surface area contributed by atoms with E-state index < -0.39 is 57.5 Å². The second kappa shape index (κ2) is 20.1. The van der Waals surface area contributed by atoms with Gasteiger partial charge in [0.2, 0.25) is 17.3 Å². The number of benzene rings is 1. The van der Waals surface area contributed by atoms with Crippen LogP contribution in [0.15, 0.2) is 48.9 Å². The first-order chi connectivity index (χ1) is 23.6. The number of aromatic nitrogens is 2. The van der Waals surface area contributed by atoms with Crippen LogP contribution in [0.5, 0.6) is 0 Å². The van der Waals surface area contributed by atoms with Crippen molar-refractivity contribution in [2.24, 2.45) is 5.92 Å². The van der Waals surface area contributed by atoms with Gasteiger partial charge in [-0.05, 0) is 43.7 Å². The molecule has 7 N–H and O–H groups in total. The summed E-state index contributed by atoms with van der Waals surface area (Å²) in [6, 6.07) is 8.41. The lowest BCUT2D eigenvalue weighted by atomic mass is 9.73. The molecular weight excluding hydrogens is 693 g/mol. The molecule has 1 aromatic heterocycles. The monoisotopic (exact) mass is 740 g/mol. The zero-order valence-electron chi connectivity index (χ0n) is 28.2. The second-order valence-corrected chi connectivity index (χ2v) is 16.2. The fraction of sp³-hybridized carbons (Fsp3) is 0.567. The molecule has 0 saturated carbocycles. The predicted octanol–water partition coefficient (Wildman–Crippen LogP) is 1.04. The topological polar surface area (TPSA) is 250 Å². The van der Waals surface area contributed by atoms with E-state index in [0.717, 1.165) is 5.56 Å². The molecule has 3 amide bonds. The summed E-state index contributed by atoms with van der Waals surface area (Å²) in [4.78, 5) is 85.9. The zero-order valence-corrected chi connectivity index (χ0v) is 30.0. The molecule has 2 atom stereocenters. The van der Waals surface area contributed by atoms with Gasteiger partial charge in [-0.15, -0.1) is 0 Å². The fourth-order valence-corrected chi connectivity index (χ4v) is 7.56. The molecule has 1 fully saturated rings. The van der Waals surface area contributed by atoms with Gasteiger partial charge < -0.3 is 49.7 Å². The van der Waals surface area contributed by atoms with Crippen LogP contribution in [0.1, 0.15) is 62.0 Å². The maximum Gasteiger partial charge on any atom is 0.480 e. The van der Waals surface area contributed by atoms with Crippen molar-refractivity contribution in [3.63, 3.8) is 0 Å². The first-order valence-corrected chi connectivity index (χ1v) is 19.8. The third kappa shape index (κ3) is 14.7. The first-order valence-electron chi connectivity index (χ1n) is 16.4. The third-order valence-corrected chi connectivity index (χ3v) is 11.0. The minimum Gasteiger partial charge on any atom is -0.410 e. The number of amides is 3. The average Bonchev–Trinajstić information content (AvgIpc) is 3.05. The molecule has 3 rings (SSSR count). The smallest absolute Gasteiger partial charge is 0.410 e. The van der Waals surface area contributed by atoms with E-state index in [2.05, 4.69) is 25.5 Å². The average molecular weight is 740 g/mol. The van der Waals surface area contributed by atoms with Gasteiger partial charge in [0.25, 0.3) is 5.91 Å². The molecule has 20 heteroatoms. The quantitative estimate of drug-likeness (QED) is 0.0939. The highest BCUT2D eigenvalue weighted by Gasteiger charge is 2.44. The molecule has 1 aliphatic heterocycles. The van der Waals surface area contributed by atoms with Gasteiger partial charge in [-0.3, -0.25) is 28.5 Å². The minimum absolute atomic E-state index is 0.0850. The van der Waals surface area contributed by atoms with Crippen LogP contribution >= 0.6 is 15.2 Å². The molecular formula is C30H47BN6O11P2. The van der Waals surface area contributed by atoms with Crippen molar-refractivity contribution in [1.82, 2.24) is 30.8 Å². The van der Waals surface area contributed by atoms with E-state index in [1.165, 1.54) is 18.6 Å². The lowest BCUT2D eigenvalue weighted by Gasteiger charge is -2.30. The molecule has 1 aromatic carbocycles. The molecule has 0 unspecified atom stereocenters. The summed E-state index contributed by atoms with van der Waals surface area (Å²) in [5.74, 6) is -2.15. The van der Waals surface area contributed by atoms with Crippen LogP contribution in [0.4, 0.5) is 0 Å². The molecule has 17 nitrogen and oxygen atoms in total. The molecule has 276 valence electrons. The molecule has 2 heterocycles. The summed E-state index contributed by atoms with van der Waals surface area (Å²) < 4.78 is 35.2. The number of hydrogen-bond acceptors (Lipinski definition) is 10. The predicted molar refractivity (Wildman–Crippen MR) is 183 cm³/mol. The summed E-state index contributed by atoms with van der Waals surface area (Å²) in [6.45, 7) is 6.31. The number of carbonyl (C=O) groups is 3. The van der Waals surface area contributed by atoms with E-state index in [9.17, 15) is 43.1 Å². The molecule has 1 saturated heterocycles. The summed E-state index contributed by atoms with van der Waals surface area (Å²) >= 11 is 0. The largest absolute Gasteiger partial charge is 0.480 e. The van der Waals surface area contributed by atoms with Crippen molar-refractivity contribution in [2.45, 2.75) is 69.9 Å². The van der Waals surface area contributed by atoms with E-state index in [1.54, 1.807) is 5.32 Å². The summed E-state index contributed by atoms with van der Waals surface area (Å²) in [5.41, 5.74) is -1.64. The fourth-order valence-electron chi connectivity index (χ4n) is 5.37. The SMILES string of the molecule is CC(C)C[C@@H](NC(=O)[C@@H](Cc1ccccc1)NC(=O)c1cnccn1)B1OCCCN(CCCC(=O)NC(P(=O)(O)O)P(=O)(O)O)CCCO1. The standard InChI is InChI=1S/C30H47BN6O11P2/c1-22(2)19-26(35-28(39)24(20-23-9-4-3-5-10-23)34-29(40)25-21-32-12-13-33-25)31-47-17-7-15-37(16-8-18-48-31)14-6-11-27(38)36-30(49(41,42)43)50(44,45)46/h3-5,9-10,12-13,21-22,24,26,30H,6-8,11,14-20H2,1-2H3,(H,34,40)(H,35,39)(H,36,38)(H2,41,42,43)(H2,44,45,46)/t24-,26-/m1/s1. The van der Waals surface area contributed by atoms with Gasteiger partial charge in [0.1, 0.15) is 11.7 Å². The molecule has 1 aliphatic rings. The van der Waals surface area contributed by atoms with Crippen molar-refractivity contribution in [2.75, 3.05) is 32.8 Å². The van der Waals surface area contributed by atoms with E-state index in [1.807, 2.05) is 44.2 Å². The van der Waals surface area contributed by atoms with Crippen LogP contribution in [-0.2, 0) is 34.4 Å². The highest BCUT2D eigenvalue weighted by Crippen LogP contribution is 2.58. The van der Waals surface area contributed by atoms with Gasteiger partial charge in [-0.25, -0.2) is 4.98 Å². The van der Waals surface area contributed by atoms with Crippen LogP contribution in [0.3, 0.4) is 0 Å². The van der Waals surface area contributed by atoms with Crippen LogP contribution in [0, 0.1) is 5.92 Å². The van der Waals surface area contributed by atoms with Crippen molar-refractivity contribution in [3.8, 4) is 0 Å². The Morgan fingerprint density at radius 3 is 2.14 bits per heavy atom. The summed E-state index contributed by atoms with van der Waals surface area (Å²) in [7, 11) is -11.3. The maximum atomic E-state index is 13.8. The van der Waals surface area contributed by atoms with Gasteiger partial charge in [0.05, 0.1) is 12.1 Å². The van der Waals surface area contributed by atoms with Crippen molar-refractivity contribution < 1.29 is 52.4 Å². The third-order valence-electron chi connectivity index (χ3n) is 7.69. The van der Waals surface area contributed by atoms with E-state index in [0.29, 0.717) is 52.1 Å². The Bertz CT molecular complexity index is 1430. The summed E-state index contributed by atoms with van der Waals surface area (Å²) in [5, 5.41) is 7.65. The van der Waals surface area contributed by atoms with Gasteiger partial charge in [-0.2, -0.15) is 0 Å². The Kier molecular flexibility index (Phi) is 16.6. The Morgan fingerprint density at radius 2 is 1.58 bits per heavy atom. The number of rotatable bonds is 16. The molecule has 0 bridgehead atoms. The van der Waals surface area contributed by atoms with E-state index >= 15 is 0 Å². The second-order valence-electron chi connectivity index (χ2n) is 12.4. The van der Waals surface area contributed by atoms with Crippen LogP contribution in [0.25, 0.3) is 0 Å². The van der Waals surface area contributed by atoms with Gasteiger partial charge >= 0.3 is 22.3 Å². The van der Waals surface area contributed by atoms with Crippen molar-refractivity contribution in [1.29, 1.82) is 0 Å². The van der Waals surface area contributed by atoms with E-state index in [-0.39, 0.29) is 30.9 Å². The lowest BCUT2D eigenvalue weighted by Crippen LogP contribution is -2.56. The molecule has 0 aliphatic carbocycles. The van der Waals surface area contributed by atoms with Crippen molar-refractivity contribution in [3.05, 3.63) is 60.2 Å². The molecule has 0 spiro atoms. The van der Waals surface area contributed by atoms with Gasteiger partial charge in [0, 0.05) is 51.5 Å². The number of carbonyl (C=O) groups excluding carboxylic acids is 3. The molecule has 50 heavy (non-hydrogen) atoms. The number of nitrogens with one attached hydrogen (secondary N) is 3. The Balaban J connectivity index is 1.58. The minimum atomic E-state index is -5.27. The Hall–Kier alpha value is -3.05. The highest BCUT2D eigenvalue weighted by molar-refractivity contribution is 7.70. The van der Waals surface area contributed by atoms with Gasteiger partial charge in [-0.1, -0.05) is 44.2 Å². The molecule has 2 aromatic rings.